The third-order valence-corrected chi connectivity index (χ3v) is 3.62. The Labute approximate surface area is 135 Å². The van der Waals surface area contributed by atoms with Gasteiger partial charge in [0.2, 0.25) is 28.4 Å². The highest BCUT2D eigenvalue weighted by molar-refractivity contribution is 5.96. The first-order chi connectivity index (χ1) is 11.5. The number of rotatable bonds is 3. The van der Waals surface area contributed by atoms with Crippen molar-refractivity contribution in [2.24, 2.45) is 0 Å². The van der Waals surface area contributed by atoms with Crippen molar-refractivity contribution >= 4 is 11.0 Å². The summed E-state index contributed by atoms with van der Waals surface area (Å²) in [7, 11) is 2.47. The van der Waals surface area contributed by atoms with E-state index in [1.807, 2.05) is 0 Å². The molecule has 0 aliphatic heterocycles. The van der Waals surface area contributed by atoms with Crippen LogP contribution >= 0.6 is 0 Å². The lowest BCUT2D eigenvalue weighted by Gasteiger charge is -2.13. The number of phenols is 3. The van der Waals surface area contributed by atoms with Gasteiger partial charge in [-0.1, -0.05) is 30.3 Å². The zero-order chi connectivity index (χ0) is 17.4. The van der Waals surface area contributed by atoms with Crippen LogP contribution in [0.3, 0.4) is 0 Å². The zero-order valence-electron chi connectivity index (χ0n) is 12.9. The first-order valence-corrected chi connectivity index (χ1v) is 6.92. The molecule has 1 heterocycles. The van der Waals surface area contributed by atoms with Crippen molar-refractivity contribution in [2.45, 2.75) is 0 Å². The number of aromatic hydroxyl groups is 3. The van der Waals surface area contributed by atoms with Crippen LogP contribution in [-0.4, -0.2) is 29.5 Å². The summed E-state index contributed by atoms with van der Waals surface area (Å²) in [6.45, 7) is 0. The second kappa shape index (κ2) is 5.69. The number of benzene rings is 2. The molecule has 0 atom stereocenters. The quantitative estimate of drug-likeness (QED) is 0.500. The van der Waals surface area contributed by atoms with Crippen LogP contribution in [-0.2, 0) is 0 Å². The molecule has 0 unspecified atom stereocenters. The van der Waals surface area contributed by atoms with E-state index < -0.39 is 28.4 Å². The van der Waals surface area contributed by atoms with Crippen LogP contribution in [0.25, 0.3) is 22.3 Å². The summed E-state index contributed by atoms with van der Waals surface area (Å²) < 4.78 is 15.6. The average Bonchev–Trinajstić information content (AvgIpc) is 2.60. The first-order valence-electron chi connectivity index (χ1n) is 6.92. The highest BCUT2D eigenvalue weighted by Crippen LogP contribution is 2.49. The second-order valence-electron chi connectivity index (χ2n) is 4.94. The fourth-order valence-corrected chi connectivity index (χ4v) is 2.50. The van der Waals surface area contributed by atoms with Crippen LogP contribution < -0.4 is 14.9 Å². The van der Waals surface area contributed by atoms with Crippen molar-refractivity contribution in [2.75, 3.05) is 14.2 Å². The van der Waals surface area contributed by atoms with E-state index in [4.69, 9.17) is 13.9 Å². The number of phenolic OH excluding ortho intramolecular Hbond substituents is 3. The minimum atomic E-state index is -0.727. The van der Waals surface area contributed by atoms with Gasteiger partial charge in [-0.15, -0.1) is 0 Å². The van der Waals surface area contributed by atoms with Gasteiger partial charge < -0.3 is 29.2 Å². The Hall–Kier alpha value is -3.35. The predicted octanol–water partition coefficient (Wildman–Crippen LogP) is 2.59. The van der Waals surface area contributed by atoms with Gasteiger partial charge in [-0.2, -0.15) is 0 Å². The summed E-state index contributed by atoms with van der Waals surface area (Å²) in [6.07, 6.45) is 0. The molecule has 0 bridgehead atoms. The van der Waals surface area contributed by atoms with Crippen molar-refractivity contribution in [3.63, 3.8) is 0 Å². The summed E-state index contributed by atoms with van der Waals surface area (Å²) in [5.74, 6) is -2.59. The molecule has 0 aliphatic rings. The summed E-state index contributed by atoms with van der Waals surface area (Å²) in [6, 6.07) is 8.64. The van der Waals surface area contributed by atoms with Crippen LogP contribution in [0.4, 0.5) is 0 Å². The van der Waals surface area contributed by atoms with Crippen LogP contribution in [0.2, 0.25) is 0 Å². The van der Waals surface area contributed by atoms with Gasteiger partial charge >= 0.3 is 0 Å². The summed E-state index contributed by atoms with van der Waals surface area (Å²) in [5, 5.41) is 29.9. The van der Waals surface area contributed by atoms with Crippen molar-refractivity contribution in [1.29, 1.82) is 0 Å². The lowest BCUT2D eigenvalue weighted by atomic mass is 10.1. The van der Waals surface area contributed by atoms with E-state index in [-0.39, 0.29) is 22.5 Å². The third kappa shape index (κ3) is 2.10. The van der Waals surface area contributed by atoms with Gasteiger partial charge in [0.1, 0.15) is 5.39 Å². The van der Waals surface area contributed by atoms with Gasteiger partial charge in [0.15, 0.2) is 17.1 Å². The largest absolute Gasteiger partial charge is 0.504 e. The molecule has 7 heteroatoms. The maximum Gasteiger partial charge on any atom is 0.239 e. The van der Waals surface area contributed by atoms with E-state index in [1.54, 1.807) is 30.3 Å². The molecule has 24 heavy (non-hydrogen) atoms. The highest BCUT2D eigenvalue weighted by Gasteiger charge is 2.27. The maximum atomic E-state index is 12.7. The second-order valence-corrected chi connectivity index (χ2v) is 4.94. The minimum Gasteiger partial charge on any atom is -0.504 e. The summed E-state index contributed by atoms with van der Waals surface area (Å²) in [5.41, 5.74) is -0.540. The molecule has 0 amide bonds. The molecule has 1 aromatic heterocycles. The predicted molar refractivity (Wildman–Crippen MR) is 86.0 cm³/mol. The first kappa shape index (κ1) is 15.5. The Morgan fingerprint density at radius 3 is 2.08 bits per heavy atom. The fourth-order valence-electron chi connectivity index (χ4n) is 2.50. The third-order valence-electron chi connectivity index (χ3n) is 3.62. The Bertz CT molecular complexity index is 974. The standard InChI is InChI=1S/C17H14O7/c1-22-16-10(18)9-11(19)17(23-2)14(8-6-4-3-5-7-8)24-15(9)12(20)13(16)21/h3-7,18,20-21H,1-2H3. The van der Waals surface area contributed by atoms with Crippen molar-refractivity contribution in [1.82, 2.24) is 0 Å². The highest BCUT2D eigenvalue weighted by atomic mass is 16.5. The SMILES string of the molecule is COc1c(O)c(O)c2oc(-c3ccccc3)c(OC)c(=O)c2c1O. The van der Waals surface area contributed by atoms with E-state index in [0.717, 1.165) is 0 Å². The molecule has 2 aromatic carbocycles. The van der Waals surface area contributed by atoms with Crippen LogP contribution in [0, 0.1) is 0 Å². The topological polar surface area (TPSA) is 109 Å². The van der Waals surface area contributed by atoms with Gasteiger partial charge in [-0.3, -0.25) is 4.79 Å². The molecular formula is C17H14O7. The molecule has 3 aromatic rings. The molecule has 0 radical (unpaired) electrons. The molecule has 0 saturated carbocycles. The van der Waals surface area contributed by atoms with E-state index >= 15 is 0 Å². The zero-order valence-corrected chi connectivity index (χ0v) is 12.9. The van der Waals surface area contributed by atoms with E-state index in [2.05, 4.69) is 0 Å². The Balaban J connectivity index is 2.51. The van der Waals surface area contributed by atoms with Crippen LogP contribution in [0.15, 0.2) is 39.5 Å². The average molecular weight is 330 g/mol. The van der Waals surface area contributed by atoms with Crippen molar-refractivity contribution < 1.29 is 29.2 Å². The van der Waals surface area contributed by atoms with Gasteiger partial charge in [-0.25, -0.2) is 0 Å². The van der Waals surface area contributed by atoms with Crippen LogP contribution in [0.1, 0.15) is 0 Å². The molecule has 3 rings (SSSR count). The lowest BCUT2D eigenvalue weighted by Crippen LogP contribution is -2.08. The fraction of sp³-hybridized carbons (Fsp3) is 0.118. The van der Waals surface area contributed by atoms with Gasteiger partial charge in [0, 0.05) is 5.56 Å². The van der Waals surface area contributed by atoms with Crippen LogP contribution in [0.5, 0.6) is 28.7 Å². The maximum absolute atomic E-state index is 12.7. The van der Waals surface area contributed by atoms with Crippen molar-refractivity contribution in [3.8, 4) is 40.1 Å². The normalized spacial score (nSPS) is 10.8. The van der Waals surface area contributed by atoms with E-state index in [0.29, 0.717) is 5.56 Å². The molecule has 0 aliphatic carbocycles. The van der Waals surface area contributed by atoms with Gasteiger partial charge in [0.05, 0.1) is 14.2 Å². The molecule has 0 spiro atoms. The van der Waals surface area contributed by atoms with Crippen molar-refractivity contribution in [3.05, 3.63) is 40.6 Å². The number of hydrogen-bond donors (Lipinski definition) is 3. The number of fused-ring (bicyclic) bond motifs is 1. The molecule has 7 nitrogen and oxygen atoms in total. The monoisotopic (exact) mass is 330 g/mol. The smallest absolute Gasteiger partial charge is 0.239 e. The molecule has 124 valence electrons. The number of hydrogen-bond acceptors (Lipinski definition) is 7. The Morgan fingerprint density at radius 2 is 1.50 bits per heavy atom. The molecule has 3 N–H and O–H groups in total. The minimum absolute atomic E-state index is 0.0647. The summed E-state index contributed by atoms with van der Waals surface area (Å²) in [4.78, 5) is 12.7. The molecular weight excluding hydrogens is 316 g/mol. The molecule has 0 fully saturated rings. The van der Waals surface area contributed by atoms with E-state index in [1.165, 1.54) is 14.2 Å². The van der Waals surface area contributed by atoms with E-state index in [9.17, 15) is 20.1 Å². The van der Waals surface area contributed by atoms with Gasteiger partial charge in [0.25, 0.3) is 0 Å². The van der Waals surface area contributed by atoms with Gasteiger partial charge in [-0.05, 0) is 0 Å². The lowest BCUT2D eigenvalue weighted by molar-refractivity contribution is 0.329. The number of methoxy groups -OCH3 is 2. The Kier molecular flexibility index (Phi) is 3.69. The molecule has 0 saturated heterocycles. The Morgan fingerprint density at radius 1 is 0.875 bits per heavy atom. The number of ether oxygens (including phenoxy) is 2. The summed E-state index contributed by atoms with van der Waals surface area (Å²) >= 11 is 0.